The van der Waals surface area contributed by atoms with Crippen LogP contribution in [0.3, 0.4) is 0 Å². The van der Waals surface area contributed by atoms with E-state index in [1.54, 1.807) is 43.3 Å². The van der Waals surface area contributed by atoms with Crippen molar-refractivity contribution >= 4 is 23.2 Å². The van der Waals surface area contributed by atoms with Crippen LogP contribution >= 0.6 is 0 Å². The topological polar surface area (TPSA) is 104 Å². The van der Waals surface area contributed by atoms with Gasteiger partial charge in [-0.15, -0.1) is 0 Å². The highest BCUT2D eigenvalue weighted by atomic mass is 16.6. The number of nitrogens with zero attached hydrogens (tertiary/aromatic N) is 1. The molecule has 0 N–H and O–H groups in total. The number of rotatable bonds is 9. The highest BCUT2D eigenvalue weighted by Crippen LogP contribution is 2.33. The van der Waals surface area contributed by atoms with E-state index in [1.807, 2.05) is 0 Å². The van der Waals surface area contributed by atoms with Crippen LogP contribution in [0.1, 0.15) is 42.1 Å². The molecule has 0 radical (unpaired) electrons. The van der Waals surface area contributed by atoms with Crippen molar-refractivity contribution in [3.05, 3.63) is 75.8 Å². The number of hydrogen-bond acceptors (Lipinski definition) is 6. The predicted molar refractivity (Wildman–Crippen MR) is 102 cm³/mol. The van der Waals surface area contributed by atoms with Crippen LogP contribution in [0.4, 0.5) is 5.69 Å². The number of ketones is 2. The lowest BCUT2D eigenvalue weighted by molar-refractivity contribution is -0.384. The Balaban J connectivity index is 2.49. The minimum atomic E-state index is -1.23. The average Bonchev–Trinajstić information content (AvgIpc) is 2.68. The molecule has 2 aromatic carbocycles. The van der Waals surface area contributed by atoms with Gasteiger partial charge in [-0.3, -0.25) is 24.5 Å². The molecule has 0 aliphatic heterocycles. The van der Waals surface area contributed by atoms with Crippen LogP contribution in [0.2, 0.25) is 0 Å². The molecule has 0 saturated carbocycles. The zero-order valence-corrected chi connectivity index (χ0v) is 15.7. The van der Waals surface area contributed by atoms with Crippen LogP contribution in [0.15, 0.2) is 54.6 Å². The normalized spacial score (nSPS) is 12.6. The maximum atomic E-state index is 12.8. The Bertz CT molecular complexity index is 877. The summed E-state index contributed by atoms with van der Waals surface area (Å²) < 4.78 is 5.03. The third-order valence-corrected chi connectivity index (χ3v) is 4.39. The fourth-order valence-electron chi connectivity index (χ4n) is 3.08. The quantitative estimate of drug-likeness (QED) is 0.215. The summed E-state index contributed by atoms with van der Waals surface area (Å²) in [6.07, 6.45) is -0.158. The van der Waals surface area contributed by atoms with E-state index in [0.29, 0.717) is 11.1 Å². The summed E-state index contributed by atoms with van der Waals surface area (Å²) in [6, 6.07) is 14.1. The van der Waals surface area contributed by atoms with Crippen LogP contribution in [0.5, 0.6) is 0 Å². The Morgan fingerprint density at radius 3 is 2.32 bits per heavy atom. The van der Waals surface area contributed by atoms with Gasteiger partial charge >= 0.3 is 5.97 Å². The number of ether oxygens (including phenoxy) is 1. The number of nitro benzene ring substituents is 1. The molecule has 146 valence electrons. The summed E-state index contributed by atoms with van der Waals surface area (Å²) in [4.78, 5) is 48.0. The molecule has 2 unspecified atom stereocenters. The molecule has 7 nitrogen and oxygen atoms in total. The Morgan fingerprint density at radius 1 is 1.07 bits per heavy atom. The largest absolute Gasteiger partial charge is 0.465 e. The zero-order chi connectivity index (χ0) is 20.7. The monoisotopic (exact) mass is 383 g/mol. The first-order valence-corrected chi connectivity index (χ1v) is 8.84. The van der Waals surface area contributed by atoms with Gasteiger partial charge in [0.2, 0.25) is 0 Å². The van der Waals surface area contributed by atoms with Crippen LogP contribution in [-0.4, -0.2) is 29.1 Å². The second kappa shape index (κ2) is 9.55. The first kappa shape index (κ1) is 21.0. The van der Waals surface area contributed by atoms with Crippen molar-refractivity contribution < 1.29 is 24.0 Å². The zero-order valence-electron chi connectivity index (χ0n) is 15.7. The van der Waals surface area contributed by atoms with Crippen molar-refractivity contribution in [2.24, 2.45) is 5.92 Å². The summed E-state index contributed by atoms with van der Waals surface area (Å²) >= 11 is 0. The molecule has 0 heterocycles. The summed E-state index contributed by atoms with van der Waals surface area (Å²) in [6.45, 7) is 2.95. The molecular weight excluding hydrogens is 362 g/mol. The van der Waals surface area contributed by atoms with Crippen LogP contribution < -0.4 is 0 Å². The van der Waals surface area contributed by atoms with E-state index >= 15 is 0 Å². The molecule has 7 heteroatoms. The Kier molecular flexibility index (Phi) is 7.14. The second-order valence-corrected chi connectivity index (χ2v) is 6.29. The van der Waals surface area contributed by atoms with Crippen molar-refractivity contribution in [2.75, 3.05) is 6.61 Å². The van der Waals surface area contributed by atoms with Crippen molar-refractivity contribution in [2.45, 2.75) is 26.2 Å². The van der Waals surface area contributed by atoms with Crippen LogP contribution in [-0.2, 0) is 14.3 Å². The fraction of sp³-hybridized carbons (Fsp3) is 0.286. The number of carbonyl (C=O) groups excluding carboxylic acids is 3. The summed E-state index contributed by atoms with van der Waals surface area (Å²) in [7, 11) is 0. The predicted octanol–water partition coefficient (Wildman–Crippen LogP) is 3.72. The number of nitro groups is 1. The highest BCUT2D eigenvalue weighted by molar-refractivity contribution is 6.01. The van der Waals surface area contributed by atoms with Gasteiger partial charge in [-0.2, -0.15) is 0 Å². The third kappa shape index (κ3) is 5.09. The molecule has 28 heavy (non-hydrogen) atoms. The smallest absolute Gasteiger partial charge is 0.317 e. The van der Waals surface area contributed by atoms with Crippen LogP contribution in [0, 0.1) is 16.0 Å². The van der Waals surface area contributed by atoms with Gasteiger partial charge in [-0.1, -0.05) is 42.5 Å². The molecule has 0 aromatic heterocycles. The van der Waals surface area contributed by atoms with Gasteiger partial charge in [0.1, 0.15) is 11.7 Å². The van der Waals surface area contributed by atoms with E-state index < -0.39 is 28.5 Å². The van der Waals surface area contributed by atoms with Gasteiger partial charge in [0.05, 0.1) is 11.5 Å². The molecule has 2 rings (SSSR count). The first-order valence-electron chi connectivity index (χ1n) is 8.84. The summed E-state index contributed by atoms with van der Waals surface area (Å²) in [5.41, 5.74) is 0.622. The number of benzene rings is 2. The van der Waals surface area contributed by atoms with Gasteiger partial charge in [0.15, 0.2) is 5.78 Å². The molecule has 0 fully saturated rings. The van der Waals surface area contributed by atoms with E-state index in [4.69, 9.17) is 4.74 Å². The Morgan fingerprint density at radius 2 is 1.75 bits per heavy atom. The van der Waals surface area contributed by atoms with Crippen LogP contribution in [0.25, 0.3) is 0 Å². The number of non-ortho nitro benzene ring substituents is 1. The standard InChI is InChI=1S/C21H21NO6/c1-3-28-21(25)20(14(2)23)18(13-19(24)15-8-5-4-6-9-15)16-10-7-11-17(12-16)22(26)27/h4-12,18,20H,3,13H2,1-2H3. The van der Waals surface area contributed by atoms with E-state index in [1.165, 1.54) is 25.1 Å². The molecule has 2 atom stereocenters. The molecule has 0 amide bonds. The van der Waals surface area contributed by atoms with Gasteiger partial charge in [-0.25, -0.2) is 0 Å². The molecule has 0 bridgehead atoms. The maximum absolute atomic E-state index is 12.8. The molecule has 0 aliphatic carbocycles. The average molecular weight is 383 g/mol. The lowest BCUT2D eigenvalue weighted by atomic mass is 9.79. The lowest BCUT2D eigenvalue weighted by Gasteiger charge is -2.23. The number of hydrogen-bond donors (Lipinski definition) is 0. The van der Waals surface area contributed by atoms with E-state index in [9.17, 15) is 24.5 Å². The van der Waals surface area contributed by atoms with E-state index in [-0.39, 0.29) is 24.5 Å². The van der Waals surface area contributed by atoms with Crippen molar-refractivity contribution in [1.82, 2.24) is 0 Å². The van der Waals surface area contributed by atoms with Gasteiger partial charge < -0.3 is 4.74 Å². The summed E-state index contributed by atoms with van der Waals surface area (Å²) in [5.74, 6) is -3.57. The van der Waals surface area contributed by atoms with E-state index in [0.717, 1.165) is 0 Å². The lowest BCUT2D eigenvalue weighted by Crippen LogP contribution is -2.32. The van der Waals surface area contributed by atoms with Crippen molar-refractivity contribution in [3.63, 3.8) is 0 Å². The molecule has 0 aliphatic rings. The van der Waals surface area contributed by atoms with Gasteiger partial charge in [0.25, 0.3) is 5.69 Å². The highest BCUT2D eigenvalue weighted by Gasteiger charge is 2.36. The third-order valence-electron chi connectivity index (χ3n) is 4.39. The minimum absolute atomic E-state index is 0.0803. The summed E-state index contributed by atoms with van der Waals surface area (Å²) in [5, 5.41) is 11.1. The molecular formula is C21H21NO6. The molecule has 2 aromatic rings. The Labute approximate surface area is 162 Å². The number of carbonyl (C=O) groups is 3. The minimum Gasteiger partial charge on any atom is -0.465 e. The molecule has 0 saturated heterocycles. The fourth-order valence-corrected chi connectivity index (χ4v) is 3.08. The molecule has 0 spiro atoms. The van der Waals surface area contributed by atoms with Crippen molar-refractivity contribution in [1.29, 1.82) is 0 Å². The Hall–Kier alpha value is -3.35. The van der Waals surface area contributed by atoms with Gasteiger partial charge in [0, 0.05) is 30.0 Å². The second-order valence-electron chi connectivity index (χ2n) is 6.29. The first-order chi connectivity index (χ1) is 13.3. The number of Topliss-reactive ketones (excluding diaryl/α,β-unsaturated/α-hetero) is 2. The van der Waals surface area contributed by atoms with E-state index in [2.05, 4.69) is 0 Å². The van der Waals surface area contributed by atoms with Crippen molar-refractivity contribution in [3.8, 4) is 0 Å². The number of esters is 1. The SMILES string of the molecule is CCOC(=O)C(C(C)=O)C(CC(=O)c1ccccc1)c1cccc([N+](=O)[O-])c1. The van der Waals surface area contributed by atoms with Gasteiger partial charge in [-0.05, 0) is 19.4 Å². The maximum Gasteiger partial charge on any atom is 0.317 e.